The Balaban J connectivity index is 1.20. The summed E-state index contributed by atoms with van der Waals surface area (Å²) in [6.45, 7) is 1.27. The molecule has 3 fully saturated rings. The van der Waals surface area contributed by atoms with Gasteiger partial charge in [0, 0.05) is 29.0 Å². The molecule has 0 radical (unpaired) electrons. The molecule has 4 nitrogen and oxygen atoms in total. The van der Waals surface area contributed by atoms with Crippen molar-refractivity contribution in [2.24, 2.45) is 0 Å². The van der Waals surface area contributed by atoms with E-state index in [1.165, 1.54) is 9.75 Å². The van der Waals surface area contributed by atoms with Crippen molar-refractivity contribution in [2.45, 2.75) is 62.5 Å². The molecule has 2 aromatic rings. The lowest BCUT2D eigenvalue weighted by molar-refractivity contribution is -0.492. The van der Waals surface area contributed by atoms with Gasteiger partial charge in [-0.25, -0.2) is 0 Å². The van der Waals surface area contributed by atoms with Crippen molar-refractivity contribution >= 4 is 22.7 Å². The van der Waals surface area contributed by atoms with E-state index in [0.29, 0.717) is 13.2 Å². The minimum absolute atomic E-state index is 0.00396. The van der Waals surface area contributed by atoms with Gasteiger partial charge in [-0.2, -0.15) is 0 Å². The summed E-state index contributed by atoms with van der Waals surface area (Å²) in [6.07, 6.45) is 4.70. The van der Waals surface area contributed by atoms with Crippen molar-refractivity contribution in [3.05, 3.63) is 44.8 Å². The van der Waals surface area contributed by atoms with Crippen LogP contribution in [0.1, 0.15) is 35.4 Å². The molecule has 2 aliphatic carbocycles. The van der Waals surface area contributed by atoms with Gasteiger partial charge in [0.1, 0.15) is 12.2 Å². The van der Waals surface area contributed by atoms with Gasteiger partial charge in [0.25, 0.3) is 0 Å². The van der Waals surface area contributed by atoms with Crippen LogP contribution in [0.4, 0.5) is 0 Å². The highest BCUT2D eigenvalue weighted by Crippen LogP contribution is 2.55. The van der Waals surface area contributed by atoms with Crippen molar-refractivity contribution in [3.8, 4) is 0 Å². The summed E-state index contributed by atoms with van der Waals surface area (Å²) in [5.74, 6) is -1.10. The maximum atomic E-state index is 6.40. The molecule has 6 heteroatoms. The van der Waals surface area contributed by atoms with Gasteiger partial charge >= 0.3 is 0 Å². The smallest absolute Gasteiger partial charge is 0.195 e. The van der Waals surface area contributed by atoms with E-state index < -0.39 is 11.6 Å². The molecule has 2 saturated carbocycles. The summed E-state index contributed by atoms with van der Waals surface area (Å²) in [5.41, 5.74) is 0. The highest BCUT2D eigenvalue weighted by atomic mass is 32.1. The molecular formula is C19H22O4S2. The van der Waals surface area contributed by atoms with Crippen LogP contribution in [0.2, 0.25) is 0 Å². The molecule has 0 amide bonds. The number of hydrogen-bond donors (Lipinski definition) is 0. The molecule has 4 atom stereocenters. The Morgan fingerprint density at radius 3 is 2.12 bits per heavy atom. The van der Waals surface area contributed by atoms with Crippen LogP contribution in [0.3, 0.4) is 0 Å². The average Bonchev–Trinajstić information content (AvgIpc) is 3.28. The first-order valence-electron chi connectivity index (χ1n) is 8.96. The lowest BCUT2D eigenvalue weighted by Crippen LogP contribution is -2.73. The normalized spacial score (nSPS) is 36.2. The first-order chi connectivity index (χ1) is 12.3. The fourth-order valence-corrected chi connectivity index (χ4v) is 5.12. The predicted molar refractivity (Wildman–Crippen MR) is 96.8 cm³/mol. The summed E-state index contributed by atoms with van der Waals surface area (Å²) < 4.78 is 25.2. The molecule has 0 N–H and O–H groups in total. The summed E-state index contributed by atoms with van der Waals surface area (Å²) in [7, 11) is 0. The number of rotatable bonds is 7. The molecule has 5 rings (SSSR count). The zero-order valence-corrected chi connectivity index (χ0v) is 15.7. The van der Waals surface area contributed by atoms with Crippen molar-refractivity contribution in [3.63, 3.8) is 0 Å². The number of hydrogen-bond acceptors (Lipinski definition) is 6. The highest BCUT2D eigenvalue weighted by molar-refractivity contribution is 7.10. The third-order valence-electron chi connectivity index (χ3n) is 5.49. The quantitative estimate of drug-likeness (QED) is 0.718. The van der Waals surface area contributed by atoms with Gasteiger partial charge in [0.15, 0.2) is 11.6 Å². The van der Waals surface area contributed by atoms with Crippen molar-refractivity contribution < 1.29 is 18.9 Å². The maximum absolute atomic E-state index is 6.40. The molecule has 3 heterocycles. The Bertz CT molecular complexity index is 701. The van der Waals surface area contributed by atoms with Crippen LogP contribution < -0.4 is 0 Å². The van der Waals surface area contributed by atoms with Crippen LogP contribution in [0.15, 0.2) is 35.0 Å². The van der Waals surface area contributed by atoms with Gasteiger partial charge in [-0.3, -0.25) is 0 Å². The molecule has 0 unspecified atom stereocenters. The minimum atomic E-state index is -0.560. The van der Waals surface area contributed by atoms with Crippen molar-refractivity contribution in [1.82, 2.24) is 0 Å². The fourth-order valence-electron chi connectivity index (χ4n) is 3.81. The molecule has 2 aromatic heterocycles. The second-order valence-corrected chi connectivity index (χ2v) is 9.02. The van der Waals surface area contributed by atoms with E-state index in [1.54, 1.807) is 22.7 Å². The van der Waals surface area contributed by atoms with Crippen LogP contribution in [-0.4, -0.2) is 30.4 Å². The topological polar surface area (TPSA) is 36.9 Å². The van der Waals surface area contributed by atoms with E-state index in [-0.39, 0.29) is 12.2 Å². The molecule has 0 bridgehead atoms. The first-order valence-corrected chi connectivity index (χ1v) is 10.7. The predicted octanol–water partition coefficient (Wildman–Crippen LogP) is 4.35. The molecule has 1 aliphatic heterocycles. The van der Waals surface area contributed by atoms with E-state index in [9.17, 15) is 0 Å². The monoisotopic (exact) mass is 378 g/mol. The summed E-state index contributed by atoms with van der Waals surface area (Å²) in [4.78, 5) is 2.57. The summed E-state index contributed by atoms with van der Waals surface area (Å²) >= 11 is 3.49. The molecule has 0 spiro atoms. The van der Waals surface area contributed by atoms with Gasteiger partial charge in [-0.1, -0.05) is 12.1 Å². The van der Waals surface area contributed by atoms with E-state index in [0.717, 1.165) is 32.1 Å². The molecule has 134 valence electrons. The summed E-state index contributed by atoms with van der Waals surface area (Å²) in [5, 5.41) is 4.18. The third-order valence-corrected chi connectivity index (χ3v) is 7.27. The Morgan fingerprint density at radius 2 is 1.56 bits per heavy atom. The molecule has 1 saturated heterocycles. The van der Waals surface area contributed by atoms with Gasteiger partial charge < -0.3 is 18.9 Å². The number of ether oxygens (including phenoxy) is 4. The Morgan fingerprint density at radius 1 is 0.920 bits per heavy atom. The maximum Gasteiger partial charge on any atom is 0.195 e. The van der Waals surface area contributed by atoms with Gasteiger partial charge in [0.05, 0.1) is 13.2 Å². The van der Waals surface area contributed by atoms with Crippen molar-refractivity contribution in [2.75, 3.05) is 6.61 Å². The Labute approximate surface area is 155 Å². The van der Waals surface area contributed by atoms with E-state index in [2.05, 4.69) is 35.0 Å². The second-order valence-electron chi connectivity index (χ2n) is 6.96. The van der Waals surface area contributed by atoms with Gasteiger partial charge in [-0.15, -0.1) is 22.7 Å². The zero-order valence-electron chi connectivity index (χ0n) is 14.0. The van der Waals surface area contributed by atoms with Gasteiger partial charge in [0.2, 0.25) is 0 Å². The molecule has 25 heavy (non-hydrogen) atoms. The van der Waals surface area contributed by atoms with E-state index in [4.69, 9.17) is 18.9 Å². The van der Waals surface area contributed by atoms with Crippen LogP contribution in [0.5, 0.6) is 0 Å². The van der Waals surface area contributed by atoms with Crippen molar-refractivity contribution in [1.29, 1.82) is 0 Å². The van der Waals surface area contributed by atoms with E-state index >= 15 is 0 Å². The highest BCUT2D eigenvalue weighted by Gasteiger charge is 2.66. The first kappa shape index (κ1) is 16.4. The molecular weight excluding hydrogens is 356 g/mol. The Kier molecular flexibility index (Phi) is 4.23. The third kappa shape index (κ3) is 2.89. The van der Waals surface area contributed by atoms with Gasteiger partial charge in [-0.05, 0) is 35.7 Å². The lowest BCUT2D eigenvalue weighted by Gasteiger charge is -2.62. The molecule has 3 aliphatic rings. The van der Waals surface area contributed by atoms with E-state index in [1.807, 2.05) is 0 Å². The number of fused-ring (bicyclic) bond motifs is 2. The minimum Gasteiger partial charge on any atom is -0.347 e. The lowest BCUT2D eigenvalue weighted by atomic mass is 9.78. The second kappa shape index (κ2) is 6.44. The largest absolute Gasteiger partial charge is 0.347 e. The van der Waals surface area contributed by atoms with Crippen LogP contribution >= 0.6 is 22.7 Å². The SMILES string of the molecule is c1csc(CCO[C@@]23CC[C@@H]2O[C@]2(OCc4cccs4)CC[C@@H]2O3)c1. The van der Waals surface area contributed by atoms with Crippen LogP contribution in [0, 0.1) is 0 Å². The Hall–Kier alpha value is -0.760. The average molecular weight is 379 g/mol. The fraction of sp³-hybridized carbons (Fsp3) is 0.579. The van der Waals surface area contributed by atoms with Crippen LogP contribution in [0.25, 0.3) is 0 Å². The van der Waals surface area contributed by atoms with Crippen LogP contribution in [-0.2, 0) is 32.0 Å². The zero-order chi connectivity index (χ0) is 16.7. The molecule has 0 aromatic carbocycles. The standard InChI is InChI=1S/C19H22O4S2/c1-3-14(24-11-1)7-10-20-18-8-5-16(18)23-19(9-6-17(19)22-18)21-13-15-4-2-12-25-15/h1-4,11-12,16-17H,5-10,13H2/t16-,17-,18+,19+/m0/s1. The summed E-state index contributed by atoms with van der Waals surface area (Å²) in [6, 6.07) is 8.38. The number of thiophene rings is 2.